The molecule has 0 aromatic carbocycles. The molecule has 0 N–H and O–H groups in total. The summed E-state index contributed by atoms with van der Waals surface area (Å²) in [5.74, 6) is 1.57. The number of alkyl halides is 1. The molecule has 3 nitrogen and oxygen atoms in total. The standard InChI is InChI=1S/C10H12ClN3S/c1-7-5-8-9(14(2)4-3-11)12-6-13-10(8)15-7/h5-6H,3-4H2,1-2H3. The summed E-state index contributed by atoms with van der Waals surface area (Å²) in [6, 6.07) is 2.13. The van der Waals surface area contributed by atoms with Crippen molar-refractivity contribution in [2.24, 2.45) is 0 Å². The Hall–Kier alpha value is -0.870. The van der Waals surface area contributed by atoms with E-state index < -0.39 is 0 Å². The Morgan fingerprint density at radius 1 is 1.47 bits per heavy atom. The second kappa shape index (κ2) is 4.33. The Morgan fingerprint density at radius 2 is 2.27 bits per heavy atom. The smallest absolute Gasteiger partial charge is 0.140 e. The highest BCUT2D eigenvalue weighted by Crippen LogP contribution is 2.28. The number of halogens is 1. The maximum absolute atomic E-state index is 5.72. The summed E-state index contributed by atoms with van der Waals surface area (Å²) in [5, 5.41) is 1.12. The van der Waals surface area contributed by atoms with E-state index in [2.05, 4.69) is 27.9 Å². The fourth-order valence-electron chi connectivity index (χ4n) is 1.50. The van der Waals surface area contributed by atoms with Crippen molar-refractivity contribution in [2.45, 2.75) is 6.92 Å². The minimum atomic E-state index is 0.602. The molecule has 0 saturated carbocycles. The zero-order valence-corrected chi connectivity index (χ0v) is 10.3. The molecule has 80 valence electrons. The largest absolute Gasteiger partial charge is 0.358 e. The zero-order valence-electron chi connectivity index (χ0n) is 8.70. The van der Waals surface area contributed by atoms with Gasteiger partial charge in [0.1, 0.15) is 17.0 Å². The molecule has 0 spiro atoms. The fourth-order valence-corrected chi connectivity index (χ4v) is 2.60. The van der Waals surface area contributed by atoms with Gasteiger partial charge in [0.2, 0.25) is 0 Å². The monoisotopic (exact) mass is 241 g/mol. The van der Waals surface area contributed by atoms with Gasteiger partial charge in [-0.05, 0) is 13.0 Å². The van der Waals surface area contributed by atoms with Crippen LogP contribution in [0.5, 0.6) is 0 Å². The normalized spacial score (nSPS) is 10.9. The molecule has 0 aliphatic heterocycles. The van der Waals surface area contributed by atoms with E-state index in [4.69, 9.17) is 11.6 Å². The number of nitrogens with zero attached hydrogens (tertiary/aromatic N) is 3. The van der Waals surface area contributed by atoms with Crippen molar-refractivity contribution in [1.82, 2.24) is 9.97 Å². The summed E-state index contributed by atoms with van der Waals surface area (Å²) in [6.07, 6.45) is 1.61. The van der Waals surface area contributed by atoms with Gasteiger partial charge in [0.15, 0.2) is 0 Å². The van der Waals surface area contributed by atoms with Crippen LogP contribution in [0.3, 0.4) is 0 Å². The number of fused-ring (bicyclic) bond motifs is 1. The van der Waals surface area contributed by atoms with Crippen molar-refractivity contribution in [3.8, 4) is 0 Å². The maximum Gasteiger partial charge on any atom is 0.140 e. The summed E-state index contributed by atoms with van der Waals surface area (Å²) in [6.45, 7) is 2.88. The van der Waals surface area contributed by atoms with Crippen molar-refractivity contribution >= 4 is 39.0 Å². The highest BCUT2D eigenvalue weighted by atomic mass is 35.5. The molecule has 0 amide bonds. The average Bonchev–Trinajstić information content (AvgIpc) is 2.57. The van der Waals surface area contributed by atoms with Crippen LogP contribution in [0, 0.1) is 6.92 Å². The lowest BCUT2D eigenvalue weighted by Gasteiger charge is -2.16. The lowest BCUT2D eigenvalue weighted by Crippen LogP contribution is -2.20. The molecule has 2 heterocycles. The number of rotatable bonds is 3. The van der Waals surface area contributed by atoms with Crippen LogP contribution in [-0.2, 0) is 0 Å². The van der Waals surface area contributed by atoms with Gasteiger partial charge in [-0.15, -0.1) is 22.9 Å². The molecular weight excluding hydrogens is 230 g/mol. The Labute approximate surface area is 97.7 Å². The van der Waals surface area contributed by atoms with Crippen molar-refractivity contribution in [3.63, 3.8) is 0 Å². The minimum Gasteiger partial charge on any atom is -0.358 e. The number of hydrogen-bond acceptors (Lipinski definition) is 4. The predicted octanol–water partition coefficient (Wildman–Crippen LogP) is 2.67. The molecule has 2 aromatic heterocycles. The van der Waals surface area contributed by atoms with Crippen LogP contribution >= 0.6 is 22.9 Å². The summed E-state index contributed by atoms with van der Waals surface area (Å²) >= 11 is 7.41. The van der Waals surface area contributed by atoms with Gasteiger partial charge in [0.05, 0.1) is 5.39 Å². The van der Waals surface area contributed by atoms with Crippen LogP contribution in [0.15, 0.2) is 12.4 Å². The van der Waals surface area contributed by atoms with E-state index in [-0.39, 0.29) is 0 Å². The van der Waals surface area contributed by atoms with Gasteiger partial charge >= 0.3 is 0 Å². The number of anilines is 1. The number of thiophene rings is 1. The molecule has 0 aliphatic carbocycles. The molecule has 0 saturated heterocycles. The van der Waals surface area contributed by atoms with E-state index in [0.29, 0.717) is 5.88 Å². The minimum absolute atomic E-state index is 0.602. The summed E-state index contributed by atoms with van der Waals surface area (Å²) in [4.78, 5) is 12.9. The van der Waals surface area contributed by atoms with Gasteiger partial charge in [-0.2, -0.15) is 0 Å². The van der Waals surface area contributed by atoms with Crippen LogP contribution in [0.4, 0.5) is 5.82 Å². The fraction of sp³-hybridized carbons (Fsp3) is 0.400. The van der Waals surface area contributed by atoms with Gasteiger partial charge in [-0.1, -0.05) is 0 Å². The van der Waals surface area contributed by atoms with Gasteiger partial charge in [-0.3, -0.25) is 0 Å². The quantitative estimate of drug-likeness (QED) is 0.774. The van der Waals surface area contributed by atoms with E-state index in [0.717, 1.165) is 22.6 Å². The molecule has 0 radical (unpaired) electrons. The first kappa shape index (κ1) is 10.6. The lowest BCUT2D eigenvalue weighted by atomic mass is 10.3. The van der Waals surface area contributed by atoms with Crippen LogP contribution in [-0.4, -0.2) is 29.4 Å². The molecule has 5 heteroatoms. The van der Waals surface area contributed by atoms with Crippen molar-refractivity contribution in [2.75, 3.05) is 24.4 Å². The highest BCUT2D eigenvalue weighted by molar-refractivity contribution is 7.18. The first-order valence-electron chi connectivity index (χ1n) is 4.70. The molecule has 0 atom stereocenters. The van der Waals surface area contributed by atoms with Crippen LogP contribution in [0.1, 0.15) is 4.88 Å². The Balaban J connectivity index is 2.50. The van der Waals surface area contributed by atoms with E-state index in [1.807, 2.05) is 7.05 Å². The topological polar surface area (TPSA) is 29.0 Å². The molecular formula is C10H12ClN3S. The SMILES string of the molecule is Cc1cc2c(N(C)CCCl)ncnc2s1. The number of aryl methyl sites for hydroxylation is 1. The molecule has 0 unspecified atom stereocenters. The third kappa shape index (κ3) is 2.06. The first-order valence-corrected chi connectivity index (χ1v) is 6.05. The lowest BCUT2D eigenvalue weighted by molar-refractivity contribution is 0.945. The summed E-state index contributed by atoms with van der Waals surface area (Å²) in [7, 11) is 2.00. The molecule has 0 aliphatic rings. The zero-order chi connectivity index (χ0) is 10.8. The Bertz CT molecular complexity index is 469. The number of hydrogen-bond donors (Lipinski definition) is 0. The van der Waals surface area contributed by atoms with E-state index >= 15 is 0 Å². The molecule has 0 bridgehead atoms. The van der Waals surface area contributed by atoms with Gasteiger partial charge in [0.25, 0.3) is 0 Å². The molecule has 2 aromatic rings. The number of aromatic nitrogens is 2. The van der Waals surface area contributed by atoms with E-state index in [1.165, 1.54) is 4.88 Å². The second-order valence-electron chi connectivity index (χ2n) is 3.38. The molecule has 0 fully saturated rings. The molecule has 15 heavy (non-hydrogen) atoms. The second-order valence-corrected chi connectivity index (χ2v) is 5.00. The Morgan fingerprint density at radius 3 is 3.00 bits per heavy atom. The highest BCUT2D eigenvalue weighted by Gasteiger charge is 2.09. The van der Waals surface area contributed by atoms with Crippen molar-refractivity contribution in [3.05, 3.63) is 17.3 Å². The average molecular weight is 242 g/mol. The third-order valence-corrected chi connectivity index (χ3v) is 3.34. The van der Waals surface area contributed by atoms with Crippen molar-refractivity contribution < 1.29 is 0 Å². The molecule has 2 rings (SSSR count). The van der Waals surface area contributed by atoms with Crippen LogP contribution < -0.4 is 4.90 Å². The van der Waals surface area contributed by atoms with Gasteiger partial charge < -0.3 is 4.90 Å². The summed E-state index contributed by atoms with van der Waals surface area (Å²) < 4.78 is 0. The Kier molecular flexibility index (Phi) is 3.07. The maximum atomic E-state index is 5.72. The van der Waals surface area contributed by atoms with Crippen LogP contribution in [0.25, 0.3) is 10.2 Å². The van der Waals surface area contributed by atoms with Crippen molar-refractivity contribution in [1.29, 1.82) is 0 Å². The third-order valence-electron chi connectivity index (χ3n) is 2.21. The first-order chi connectivity index (χ1) is 7.22. The summed E-state index contributed by atoms with van der Waals surface area (Å²) in [5.41, 5.74) is 0. The van der Waals surface area contributed by atoms with Gasteiger partial charge in [0, 0.05) is 24.3 Å². The van der Waals surface area contributed by atoms with E-state index in [1.54, 1.807) is 17.7 Å². The van der Waals surface area contributed by atoms with E-state index in [9.17, 15) is 0 Å². The van der Waals surface area contributed by atoms with Crippen LogP contribution in [0.2, 0.25) is 0 Å². The van der Waals surface area contributed by atoms with Gasteiger partial charge in [-0.25, -0.2) is 9.97 Å². The predicted molar refractivity (Wildman–Crippen MR) is 66.1 cm³/mol.